The Kier molecular flexibility index (Phi) is 26.7. The van der Waals surface area contributed by atoms with E-state index in [4.69, 9.17) is 9.47 Å². The number of imide groups is 1. The van der Waals surface area contributed by atoms with Crippen molar-refractivity contribution in [2.45, 2.75) is 200 Å². The van der Waals surface area contributed by atoms with Gasteiger partial charge in [0, 0.05) is 60.2 Å². The maximum atomic E-state index is 14.7. The van der Waals surface area contributed by atoms with Gasteiger partial charge in [0.05, 0.1) is 41.9 Å². The number of carbonyl (C=O) groups is 8. The molecule has 0 spiro atoms. The van der Waals surface area contributed by atoms with E-state index in [9.17, 15) is 43.5 Å². The first kappa shape index (κ1) is 65.5. The highest BCUT2D eigenvalue weighted by Gasteiger charge is 2.46. The van der Waals surface area contributed by atoms with Gasteiger partial charge in [-0.25, -0.2) is 4.79 Å². The Morgan fingerprint density at radius 1 is 0.895 bits per heavy atom. The fourth-order valence-corrected chi connectivity index (χ4v) is 11.9. The molecular weight excluding hydrogens is 989 g/mol. The van der Waals surface area contributed by atoms with E-state index in [1.165, 1.54) is 24.0 Å². The third-order valence-electron chi connectivity index (χ3n) is 15.8. The molecule has 428 valence electrons. The minimum absolute atomic E-state index is 0.0281. The number of carboxylic acids is 1. The topological polar surface area (TPSA) is 212 Å². The van der Waals surface area contributed by atoms with Crippen LogP contribution in [0, 0.1) is 29.1 Å². The van der Waals surface area contributed by atoms with Gasteiger partial charge in [-0.15, -0.1) is 18.3 Å². The van der Waals surface area contributed by atoms with Gasteiger partial charge in [0.1, 0.15) is 18.1 Å². The van der Waals surface area contributed by atoms with E-state index < -0.39 is 66.1 Å². The first-order chi connectivity index (χ1) is 35.8. The molecule has 1 aromatic rings. The molecule has 0 aromatic heterocycles. The first-order valence-electron chi connectivity index (χ1n) is 27.6. The first-order valence-corrected chi connectivity index (χ1v) is 28.7. The third kappa shape index (κ3) is 18.1. The van der Waals surface area contributed by atoms with Crippen molar-refractivity contribution in [3.63, 3.8) is 0 Å². The number of thioether (sulfide) groups is 1. The summed E-state index contributed by atoms with van der Waals surface area (Å²) in [6.45, 7) is 23.4. The maximum Gasteiger partial charge on any atom is 0.326 e. The number of likely N-dealkylation sites (tertiary alicyclic amines) is 2. The number of carbonyl (C=O) groups excluding carboxylic acids is 7. The molecule has 0 radical (unpaired) electrons. The lowest BCUT2D eigenvalue weighted by Gasteiger charge is -2.41. The summed E-state index contributed by atoms with van der Waals surface area (Å²) in [6.07, 6.45) is 6.21. The van der Waals surface area contributed by atoms with Crippen LogP contribution in [0.1, 0.15) is 145 Å². The summed E-state index contributed by atoms with van der Waals surface area (Å²) in [7, 11) is 6.25. The van der Waals surface area contributed by atoms with Gasteiger partial charge < -0.3 is 39.9 Å². The standard InChI is InChI=1S/C58H94N6O11S/c1-16-38(7)51(44(74-14)34-48(67)64-39(8)28-29-43(64)52(75-15)40(9)53(68)59-42(57(72)73)33-41-25-20-18-21-26-41)62(13)56(71)49(36(3)4)60-54(69)50(37(5)6)61(12)46(65)27-22-19-23-31-63-47(66)35-45(55(63)70)76-32-24-30-58(10,11)17-2/h17-18,20-21,25-26,36-40,42-45,49-52H,2,16,19,22-24,27-35H2,1,3-15H3,(H,59,68)(H,60,69)(H,72,73)/t38-,39-,40+,42-,43-,44?,45?,49-,50-,51?,52?/m0/s1. The summed E-state index contributed by atoms with van der Waals surface area (Å²) in [5, 5.41) is 15.3. The predicted octanol–water partition coefficient (Wildman–Crippen LogP) is 7.14. The Bertz CT molecular complexity index is 2110. The van der Waals surface area contributed by atoms with Gasteiger partial charge in [-0.05, 0) is 79.9 Å². The number of ether oxygens (including phenoxy) is 2. The number of rotatable bonds is 33. The van der Waals surface area contributed by atoms with Crippen LogP contribution in [0.2, 0.25) is 0 Å². The molecule has 76 heavy (non-hydrogen) atoms. The second-order valence-corrected chi connectivity index (χ2v) is 24.0. The molecule has 11 atom stereocenters. The molecule has 3 N–H and O–H groups in total. The van der Waals surface area contributed by atoms with E-state index in [1.807, 2.05) is 60.6 Å². The van der Waals surface area contributed by atoms with E-state index >= 15 is 0 Å². The van der Waals surface area contributed by atoms with E-state index in [2.05, 4.69) is 31.1 Å². The van der Waals surface area contributed by atoms with Crippen molar-refractivity contribution in [2.75, 3.05) is 40.6 Å². The number of nitrogens with one attached hydrogen (secondary N) is 2. The van der Waals surface area contributed by atoms with Crippen LogP contribution in [0.4, 0.5) is 0 Å². The van der Waals surface area contributed by atoms with Crippen molar-refractivity contribution < 1.29 is 52.9 Å². The fraction of sp³-hybridized carbons (Fsp3) is 0.724. The molecule has 2 aliphatic rings. The smallest absolute Gasteiger partial charge is 0.326 e. The van der Waals surface area contributed by atoms with Gasteiger partial charge in [0.25, 0.3) is 0 Å². The van der Waals surface area contributed by atoms with Crippen LogP contribution < -0.4 is 10.6 Å². The second kappa shape index (κ2) is 31.0. The number of unbranched alkanes of at least 4 members (excludes halogenated alkanes) is 2. The molecule has 2 saturated heterocycles. The predicted molar refractivity (Wildman–Crippen MR) is 298 cm³/mol. The zero-order valence-corrected chi connectivity index (χ0v) is 49.1. The van der Waals surface area contributed by atoms with Crippen LogP contribution in [0.3, 0.4) is 0 Å². The summed E-state index contributed by atoms with van der Waals surface area (Å²) in [5.74, 6) is -4.10. The molecule has 4 unspecified atom stereocenters. The fourth-order valence-electron chi connectivity index (χ4n) is 10.8. The van der Waals surface area contributed by atoms with E-state index in [-0.39, 0.29) is 89.7 Å². The van der Waals surface area contributed by atoms with E-state index in [0.717, 1.165) is 24.2 Å². The molecule has 1 aromatic carbocycles. The molecule has 0 bridgehead atoms. The summed E-state index contributed by atoms with van der Waals surface area (Å²) in [6, 6.07) is 4.71. The van der Waals surface area contributed by atoms with Gasteiger partial charge >= 0.3 is 5.97 Å². The van der Waals surface area contributed by atoms with Crippen LogP contribution in [0.5, 0.6) is 0 Å². The van der Waals surface area contributed by atoms with Gasteiger partial charge in [-0.3, -0.25) is 38.5 Å². The van der Waals surface area contributed by atoms with Crippen molar-refractivity contribution in [2.24, 2.45) is 29.1 Å². The Hall–Kier alpha value is -4.81. The largest absolute Gasteiger partial charge is 0.480 e. The minimum atomic E-state index is -1.17. The summed E-state index contributed by atoms with van der Waals surface area (Å²) >= 11 is 1.54. The quantitative estimate of drug-likeness (QED) is 0.0364. The number of methoxy groups -OCH3 is 2. The van der Waals surface area contributed by atoms with Gasteiger partial charge in [-0.1, -0.05) is 112 Å². The van der Waals surface area contributed by atoms with Gasteiger partial charge in [0.15, 0.2) is 0 Å². The monoisotopic (exact) mass is 1080 g/mol. The second-order valence-electron chi connectivity index (χ2n) is 22.7. The number of aliphatic carboxylic acids is 1. The molecule has 2 fully saturated rings. The van der Waals surface area contributed by atoms with E-state index in [0.29, 0.717) is 45.1 Å². The Balaban J connectivity index is 1.67. The molecular formula is C58H94N6O11S. The van der Waals surface area contributed by atoms with Crippen LogP contribution in [0.15, 0.2) is 43.0 Å². The molecule has 7 amide bonds. The van der Waals surface area contributed by atoms with Crippen molar-refractivity contribution >= 4 is 59.1 Å². The summed E-state index contributed by atoms with van der Waals surface area (Å²) in [4.78, 5) is 115. The van der Waals surface area contributed by atoms with Crippen molar-refractivity contribution in [1.29, 1.82) is 0 Å². The number of nitrogens with zero attached hydrogens (tertiary/aromatic N) is 4. The summed E-state index contributed by atoms with van der Waals surface area (Å²) in [5.41, 5.74) is 0.790. The Morgan fingerprint density at radius 2 is 1.55 bits per heavy atom. The number of benzene rings is 1. The SMILES string of the molecule is C=CC(C)(C)CCCSC1CC(=O)N(CCCCCC(=O)N(C)[C@H](C(=O)N[C@H](C(=O)N(C)C(C(CC(=O)N2[C@@H](C)CC[C@H]2C(OC)[C@@H](C)C(=O)N[C@@H](Cc2ccccc2)C(=O)O)OC)[C@@H](C)CC)C(C)C)C(C)C)C1=O. The molecule has 2 aliphatic heterocycles. The van der Waals surface area contributed by atoms with Crippen LogP contribution >= 0.6 is 11.8 Å². The van der Waals surface area contributed by atoms with Crippen LogP contribution in [0.25, 0.3) is 0 Å². The Labute approximate surface area is 458 Å². The average molecular weight is 1080 g/mol. The number of carboxylic acid groups (broad SMARTS) is 1. The average Bonchev–Trinajstić information content (AvgIpc) is 3.89. The van der Waals surface area contributed by atoms with Crippen LogP contribution in [-0.4, -0.2) is 166 Å². The zero-order valence-electron chi connectivity index (χ0n) is 48.3. The lowest BCUT2D eigenvalue weighted by atomic mass is 9.89. The zero-order chi connectivity index (χ0) is 57.2. The Morgan fingerprint density at radius 3 is 2.12 bits per heavy atom. The molecule has 17 nitrogen and oxygen atoms in total. The van der Waals surface area contributed by atoms with Crippen molar-refractivity contribution in [3.05, 3.63) is 48.6 Å². The number of amides is 7. The van der Waals surface area contributed by atoms with Crippen molar-refractivity contribution in [1.82, 2.24) is 30.2 Å². The number of likely N-dealkylation sites (N-methyl/N-ethyl adjacent to an activating group) is 2. The number of hydrogen-bond donors (Lipinski definition) is 3. The summed E-state index contributed by atoms with van der Waals surface area (Å²) < 4.78 is 12.1. The van der Waals surface area contributed by atoms with Gasteiger partial charge in [0.2, 0.25) is 41.4 Å². The number of hydrogen-bond acceptors (Lipinski definition) is 11. The van der Waals surface area contributed by atoms with Crippen molar-refractivity contribution in [3.8, 4) is 0 Å². The highest BCUT2D eigenvalue weighted by Crippen LogP contribution is 2.34. The highest BCUT2D eigenvalue weighted by atomic mass is 32.2. The maximum absolute atomic E-state index is 14.7. The number of allylic oxidation sites excluding steroid dienone is 1. The van der Waals surface area contributed by atoms with Gasteiger partial charge in [-0.2, -0.15) is 0 Å². The molecule has 2 heterocycles. The lowest BCUT2D eigenvalue weighted by Crippen LogP contribution is -2.60. The normalized spacial score (nSPS) is 20.1. The molecule has 18 heteroatoms. The lowest BCUT2D eigenvalue weighted by molar-refractivity contribution is -0.150. The van der Waals surface area contributed by atoms with Crippen LogP contribution in [-0.2, 0) is 54.3 Å². The molecule has 0 saturated carbocycles. The third-order valence-corrected chi connectivity index (χ3v) is 17.1. The van der Waals surface area contributed by atoms with E-state index in [1.54, 1.807) is 66.8 Å². The highest BCUT2D eigenvalue weighted by molar-refractivity contribution is 8.00. The molecule has 0 aliphatic carbocycles. The minimum Gasteiger partial charge on any atom is -0.480 e. The molecule has 3 rings (SSSR count).